The molecule has 0 bridgehead atoms. The fourth-order valence-corrected chi connectivity index (χ4v) is 2.84. The second-order valence-corrected chi connectivity index (χ2v) is 6.13. The first-order chi connectivity index (χ1) is 13.1. The molecule has 0 atom stereocenters. The highest BCUT2D eigenvalue weighted by Gasteiger charge is 2.13. The number of rotatable bonds is 8. The Morgan fingerprint density at radius 1 is 0.929 bits per heavy atom. The minimum atomic E-state index is 0. The van der Waals surface area contributed by atoms with E-state index < -0.39 is 0 Å². The predicted molar refractivity (Wildman–Crippen MR) is 125 cm³/mol. The lowest BCUT2D eigenvalue weighted by molar-refractivity contribution is 0.323. The van der Waals surface area contributed by atoms with Crippen LogP contribution in [0.2, 0.25) is 0 Å². The number of guanidine groups is 1. The van der Waals surface area contributed by atoms with Crippen molar-refractivity contribution in [2.45, 2.75) is 19.9 Å². The van der Waals surface area contributed by atoms with E-state index in [1.165, 1.54) is 11.1 Å². The molecular formula is C21H30IN3O3. The van der Waals surface area contributed by atoms with Crippen molar-refractivity contribution < 1.29 is 14.2 Å². The van der Waals surface area contributed by atoms with E-state index in [0.717, 1.165) is 24.5 Å². The van der Waals surface area contributed by atoms with Gasteiger partial charge in [-0.1, -0.05) is 29.8 Å². The Kier molecular flexibility index (Phi) is 10.5. The van der Waals surface area contributed by atoms with Gasteiger partial charge in [-0.05, 0) is 36.6 Å². The highest BCUT2D eigenvalue weighted by atomic mass is 127. The van der Waals surface area contributed by atoms with E-state index >= 15 is 0 Å². The number of nitrogens with one attached hydrogen (secondary N) is 2. The number of aryl methyl sites for hydroxylation is 1. The molecule has 0 saturated heterocycles. The quantitative estimate of drug-likeness (QED) is 0.331. The fraction of sp³-hybridized carbons (Fsp3) is 0.381. The predicted octanol–water partition coefficient (Wildman–Crippen LogP) is 3.55. The van der Waals surface area contributed by atoms with Gasteiger partial charge in [-0.3, -0.25) is 4.99 Å². The van der Waals surface area contributed by atoms with Gasteiger partial charge in [-0.2, -0.15) is 0 Å². The van der Waals surface area contributed by atoms with E-state index in [2.05, 4.69) is 46.8 Å². The molecule has 28 heavy (non-hydrogen) atoms. The van der Waals surface area contributed by atoms with Crippen LogP contribution in [0.25, 0.3) is 0 Å². The Morgan fingerprint density at radius 3 is 2.14 bits per heavy atom. The maximum Gasteiger partial charge on any atom is 0.203 e. The Bertz CT molecular complexity index is 756. The summed E-state index contributed by atoms with van der Waals surface area (Å²) in [5, 5.41) is 6.65. The monoisotopic (exact) mass is 499 g/mol. The summed E-state index contributed by atoms with van der Waals surface area (Å²) < 4.78 is 16.2. The topological polar surface area (TPSA) is 64.1 Å². The number of hydrogen-bond donors (Lipinski definition) is 2. The number of nitrogens with zero attached hydrogens (tertiary/aromatic N) is 1. The summed E-state index contributed by atoms with van der Waals surface area (Å²) in [6, 6.07) is 12.4. The van der Waals surface area contributed by atoms with Crippen molar-refractivity contribution in [3.63, 3.8) is 0 Å². The molecule has 0 aromatic heterocycles. The first-order valence-corrected chi connectivity index (χ1v) is 8.90. The van der Waals surface area contributed by atoms with Gasteiger partial charge in [0.15, 0.2) is 17.5 Å². The molecule has 6 nitrogen and oxygen atoms in total. The zero-order chi connectivity index (χ0) is 19.6. The van der Waals surface area contributed by atoms with Gasteiger partial charge in [0.25, 0.3) is 0 Å². The van der Waals surface area contributed by atoms with Gasteiger partial charge < -0.3 is 24.8 Å². The van der Waals surface area contributed by atoms with Crippen LogP contribution in [0.1, 0.15) is 16.7 Å². The number of methoxy groups -OCH3 is 3. The van der Waals surface area contributed by atoms with Crippen LogP contribution in [0, 0.1) is 6.92 Å². The van der Waals surface area contributed by atoms with Crippen molar-refractivity contribution in [3.05, 3.63) is 53.1 Å². The molecule has 2 aromatic carbocycles. The number of ether oxygens (including phenoxy) is 3. The molecule has 2 aromatic rings. The zero-order valence-electron chi connectivity index (χ0n) is 17.2. The summed E-state index contributed by atoms with van der Waals surface area (Å²) in [7, 11) is 6.58. The first-order valence-electron chi connectivity index (χ1n) is 8.90. The summed E-state index contributed by atoms with van der Waals surface area (Å²) in [6.45, 7) is 3.49. The largest absolute Gasteiger partial charge is 0.493 e. The Morgan fingerprint density at radius 2 is 1.61 bits per heavy atom. The number of benzene rings is 2. The standard InChI is InChI=1S/C21H29N3O3.HI/c1-15-7-6-8-16(11-15)9-10-23-21(22-2)24-14-17-12-18(25-3)20(27-5)19(13-17)26-4;/h6-8,11-13H,9-10,14H2,1-5H3,(H2,22,23,24);1H. The Hall–Kier alpha value is -2.16. The van der Waals surface area contributed by atoms with Crippen molar-refractivity contribution in [1.29, 1.82) is 0 Å². The summed E-state index contributed by atoms with van der Waals surface area (Å²) in [4.78, 5) is 4.28. The minimum Gasteiger partial charge on any atom is -0.493 e. The highest BCUT2D eigenvalue weighted by molar-refractivity contribution is 14.0. The summed E-state index contributed by atoms with van der Waals surface area (Å²) in [5.74, 6) is 2.60. The van der Waals surface area contributed by atoms with Gasteiger partial charge in [0.1, 0.15) is 0 Å². The molecule has 0 saturated carbocycles. The van der Waals surface area contributed by atoms with Gasteiger partial charge in [0.2, 0.25) is 5.75 Å². The Balaban J connectivity index is 0.00000392. The fourth-order valence-electron chi connectivity index (χ4n) is 2.84. The number of hydrogen-bond acceptors (Lipinski definition) is 4. The SMILES string of the molecule is CN=C(NCCc1cccc(C)c1)NCc1cc(OC)c(OC)c(OC)c1.I. The average molecular weight is 499 g/mol. The van der Waals surface area contributed by atoms with Crippen LogP contribution >= 0.6 is 24.0 Å². The Labute approximate surface area is 184 Å². The lowest BCUT2D eigenvalue weighted by Crippen LogP contribution is -2.37. The second kappa shape index (κ2) is 12.3. The van der Waals surface area contributed by atoms with Gasteiger partial charge in [0.05, 0.1) is 21.3 Å². The molecule has 0 fully saturated rings. The molecule has 0 heterocycles. The van der Waals surface area contributed by atoms with Crippen molar-refractivity contribution in [1.82, 2.24) is 10.6 Å². The van der Waals surface area contributed by atoms with Gasteiger partial charge >= 0.3 is 0 Å². The van der Waals surface area contributed by atoms with Gasteiger partial charge in [-0.25, -0.2) is 0 Å². The molecule has 0 amide bonds. The van der Waals surface area contributed by atoms with Crippen molar-refractivity contribution in [3.8, 4) is 17.2 Å². The van der Waals surface area contributed by atoms with E-state index in [9.17, 15) is 0 Å². The smallest absolute Gasteiger partial charge is 0.203 e. The molecule has 0 aliphatic heterocycles. The van der Waals surface area contributed by atoms with Crippen molar-refractivity contribution >= 4 is 29.9 Å². The van der Waals surface area contributed by atoms with E-state index in [1.54, 1.807) is 28.4 Å². The molecule has 7 heteroatoms. The lowest BCUT2D eigenvalue weighted by Gasteiger charge is -2.16. The van der Waals surface area contributed by atoms with E-state index in [4.69, 9.17) is 14.2 Å². The van der Waals surface area contributed by atoms with Crippen LogP contribution in [0.15, 0.2) is 41.4 Å². The molecule has 0 spiro atoms. The molecule has 0 unspecified atom stereocenters. The van der Waals surface area contributed by atoms with Gasteiger partial charge in [0, 0.05) is 20.1 Å². The molecule has 0 aliphatic rings. The molecular weight excluding hydrogens is 469 g/mol. The number of aliphatic imine (C=N–C) groups is 1. The lowest BCUT2D eigenvalue weighted by atomic mass is 10.1. The van der Waals surface area contributed by atoms with Crippen molar-refractivity contribution in [2.24, 2.45) is 4.99 Å². The van der Waals surface area contributed by atoms with Gasteiger partial charge in [-0.15, -0.1) is 24.0 Å². The van der Waals surface area contributed by atoms with Crippen LogP contribution < -0.4 is 24.8 Å². The van der Waals surface area contributed by atoms with E-state index in [-0.39, 0.29) is 24.0 Å². The average Bonchev–Trinajstić information content (AvgIpc) is 2.69. The number of halogens is 1. The van der Waals surface area contributed by atoms with E-state index in [1.807, 2.05) is 12.1 Å². The van der Waals surface area contributed by atoms with Crippen LogP contribution in [0.4, 0.5) is 0 Å². The summed E-state index contributed by atoms with van der Waals surface area (Å²) in [5.41, 5.74) is 3.59. The summed E-state index contributed by atoms with van der Waals surface area (Å²) in [6.07, 6.45) is 0.937. The third kappa shape index (κ3) is 6.78. The highest BCUT2D eigenvalue weighted by Crippen LogP contribution is 2.38. The minimum absolute atomic E-state index is 0. The van der Waals surface area contributed by atoms with Crippen molar-refractivity contribution in [2.75, 3.05) is 34.9 Å². The third-order valence-electron chi connectivity index (χ3n) is 4.20. The first kappa shape index (κ1) is 23.9. The van der Waals surface area contributed by atoms with Crippen LogP contribution in [-0.2, 0) is 13.0 Å². The second-order valence-electron chi connectivity index (χ2n) is 6.13. The maximum absolute atomic E-state index is 5.40. The normalized spacial score (nSPS) is 10.7. The molecule has 2 N–H and O–H groups in total. The molecule has 0 radical (unpaired) electrons. The van der Waals surface area contributed by atoms with Crippen LogP contribution in [0.3, 0.4) is 0 Å². The zero-order valence-corrected chi connectivity index (χ0v) is 19.5. The summed E-state index contributed by atoms with van der Waals surface area (Å²) >= 11 is 0. The van der Waals surface area contributed by atoms with E-state index in [0.29, 0.717) is 23.8 Å². The van der Waals surface area contributed by atoms with Crippen LogP contribution in [0.5, 0.6) is 17.2 Å². The maximum atomic E-state index is 5.40. The molecule has 154 valence electrons. The molecule has 0 aliphatic carbocycles. The third-order valence-corrected chi connectivity index (χ3v) is 4.20. The molecule has 2 rings (SSSR count). The van der Waals surface area contributed by atoms with Crippen LogP contribution in [-0.4, -0.2) is 40.9 Å².